The van der Waals surface area contributed by atoms with Crippen LogP contribution in [-0.4, -0.2) is 44.1 Å². The summed E-state index contributed by atoms with van der Waals surface area (Å²) in [5, 5.41) is 22.1. The quantitative estimate of drug-likeness (QED) is 0.877. The van der Waals surface area contributed by atoms with Gasteiger partial charge in [-0.1, -0.05) is 0 Å². The number of ether oxygens (including phenoxy) is 1. The van der Waals surface area contributed by atoms with Crippen LogP contribution in [0.4, 0.5) is 10.2 Å². The highest BCUT2D eigenvalue weighted by atomic mass is 19.1. The minimum atomic E-state index is -0.393. The number of anilines is 1. The lowest BCUT2D eigenvalue weighted by molar-refractivity contribution is 0.0801. The van der Waals surface area contributed by atoms with E-state index < -0.39 is 6.10 Å². The molecule has 0 saturated heterocycles. The second kappa shape index (κ2) is 6.45. The van der Waals surface area contributed by atoms with Crippen molar-refractivity contribution in [3.05, 3.63) is 35.8 Å². The lowest BCUT2D eigenvalue weighted by atomic mass is 10.0. The lowest BCUT2D eigenvalue weighted by Crippen LogP contribution is -2.22. The molecule has 24 heavy (non-hydrogen) atoms. The molecule has 2 aliphatic rings. The predicted molar refractivity (Wildman–Crippen MR) is 83.8 cm³/mol. The second-order valence-corrected chi connectivity index (χ2v) is 6.42. The Bertz CT molecular complexity index is 705. The second-order valence-electron chi connectivity index (χ2n) is 6.42. The van der Waals surface area contributed by atoms with Gasteiger partial charge in [-0.3, -0.25) is 0 Å². The first-order valence-corrected chi connectivity index (χ1v) is 8.24. The molecule has 7 nitrogen and oxygen atoms in total. The minimum Gasteiger partial charge on any atom is -0.393 e. The van der Waals surface area contributed by atoms with Gasteiger partial charge >= 0.3 is 0 Å². The number of pyridine rings is 1. The van der Waals surface area contributed by atoms with Crippen LogP contribution in [0.2, 0.25) is 0 Å². The zero-order valence-electron chi connectivity index (χ0n) is 13.2. The van der Waals surface area contributed by atoms with E-state index in [2.05, 4.69) is 25.1 Å². The monoisotopic (exact) mass is 333 g/mol. The van der Waals surface area contributed by atoms with Crippen molar-refractivity contribution in [2.75, 3.05) is 18.5 Å². The highest BCUT2D eigenvalue weighted by molar-refractivity contribution is 5.33. The van der Waals surface area contributed by atoms with Gasteiger partial charge in [0.2, 0.25) is 0 Å². The van der Waals surface area contributed by atoms with Gasteiger partial charge in [0, 0.05) is 24.9 Å². The van der Waals surface area contributed by atoms with E-state index in [1.165, 1.54) is 12.3 Å². The summed E-state index contributed by atoms with van der Waals surface area (Å²) < 4.78 is 20.4. The van der Waals surface area contributed by atoms with Crippen molar-refractivity contribution >= 4 is 5.82 Å². The summed E-state index contributed by atoms with van der Waals surface area (Å²) in [7, 11) is 0. The Morgan fingerprint density at radius 2 is 2.25 bits per heavy atom. The minimum absolute atomic E-state index is 0.106. The fourth-order valence-corrected chi connectivity index (χ4v) is 3.57. The molecule has 0 unspecified atom stereocenters. The van der Waals surface area contributed by atoms with Gasteiger partial charge in [0.1, 0.15) is 24.1 Å². The Kier molecular flexibility index (Phi) is 4.15. The molecule has 0 spiro atoms. The number of aromatic nitrogens is 4. The van der Waals surface area contributed by atoms with E-state index in [1.807, 2.05) is 0 Å². The highest BCUT2D eigenvalue weighted by Crippen LogP contribution is 2.38. The number of fused-ring (bicyclic) bond motifs is 1. The van der Waals surface area contributed by atoms with Crippen LogP contribution < -0.4 is 5.32 Å². The molecule has 2 aromatic rings. The number of nitrogens with zero attached hydrogens (tertiary/aromatic N) is 4. The molecular weight excluding hydrogens is 313 g/mol. The molecule has 0 bridgehead atoms. The predicted octanol–water partition coefficient (Wildman–Crippen LogP) is 1.31. The topological polar surface area (TPSA) is 85.1 Å². The number of rotatable bonds is 4. The molecule has 2 N–H and O–H groups in total. The molecule has 128 valence electrons. The smallest absolute Gasteiger partial charge is 0.159 e. The van der Waals surface area contributed by atoms with Gasteiger partial charge in [-0.25, -0.2) is 9.37 Å². The van der Waals surface area contributed by atoms with Gasteiger partial charge in [-0.05, 0) is 25.0 Å². The van der Waals surface area contributed by atoms with Crippen molar-refractivity contribution in [3.63, 3.8) is 0 Å². The third-order valence-corrected chi connectivity index (χ3v) is 4.84. The number of hydrogen-bond donors (Lipinski definition) is 2. The average Bonchev–Trinajstić information content (AvgIpc) is 3.18. The van der Waals surface area contributed by atoms with Gasteiger partial charge in [-0.2, -0.15) is 0 Å². The summed E-state index contributed by atoms with van der Waals surface area (Å²) in [6.07, 6.45) is 2.31. The summed E-state index contributed by atoms with van der Waals surface area (Å²) in [4.78, 5) is 3.98. The third kappa shape index (κ3) is 2.99. The zero-order chi connectivity index (χ0) is 16.5. The van der Waals surface area contributed by atoms with Gasteiger partial charge in [-0.15, -0.1) is 10.2 Å². The van der Waals surface area contributed by atoms with E-state index in [1.54, 1.807) is 6.07 Å². The van der Waals surface area contributed by atoms with Crippen molar-refractivity contribution in [3.8, 4) is 0 Å². The largest absolute Gasteiger partial charge is 0.393 e. The Labute approximate surface area is 138 Å². The summed E-state index contributed by atoms with van der Waals surface area (Å²) in [6.45, 7) is 2.55. The molecule has 3 atom stereocenters. The molecule has 8 heteroatoms. The number of hydrogen-bond acceptors (Lipinski definition) is 6. The Morgan fingerprint density at radius 3 is 3.08 bits per heavy atom. The Hall–Kier alpha value is -2.06. The standard InChI is InChI=1S/C16H20FN5O2/c17-12-1-2-14(19-8-12)18-7-11-5-10(6-13(11)23)16-21-20-15-9-24-4-3-22(15)16/h1-2,8,10-11,13,23H,3-7,9H2,(H,18,19)/t10-,11+,13+/m0/s1. The summed E-state index contributed by atoms with van der Waals surface area (Å²) >= 11 is 0. The van der Waals surface area contributed by atoms with E-state index in [-0.39, 0.29) is 17.7 Å². The number of aliphatic hydroxyl groups is 1. The maximum atomic E-state index is 12.9. The Morgan fingerprint density at radius 1 is 1.33 bits per heavy atom. The first-order chi connectivity index (χ1) is 11.7. The van der Waals surface area contributed by atoms with Crippen LogP contribution in [0.5, 0.6) is 0 Å². The van der Waals surface area contributed by atoms with Gasteiger partial charge < -0.3 is 19.7 Å². The van der Waals surface area contributed by atoms with E-state index in [4.69, 9.17) is 4.74 Å². The van der Waals surface area contributed by atoms with Crippen molar-refractivity contribution < 1.29 is 14.2 Å². The molecule has 1 saturated carbocycles. The lowest BCUT2D eigenvalue weighted by Gasteiger charge is -2.18. The Balaban J connectivity index is 1.40. The molecule has 1 aliphatic heterocycles. The summed E-state index contributed by atoms with van der Waals surface area (Å²) in [5.74, 6) is 2.38. The fraction of sp³-hybridized carbons (Fsp3) is 0.562. The van der Waals surface area contributed by atoms with Crippen LogP contribution in [0.15, 0.2) is 18.3 Å². The van der Waals surface area contributed by atoms with Crippen molar-refractivity contribution in [2.45, 2.75) is 38.0 Å². The molecule has 4 rings (SSSR count). The van der Waals surface area contributed by atoms with Crippen molar-refractivity contribution in [1.82, 2.24) is 19.7 Å². The third-order valence-electron chi connectivity index (χ3n) is 4.84. The zero-order valence-corrected chi connectivity index (χ0v) is 13.2. The van der Waals surface area contributed by atoms with E-state index in [0.717, 1.165) is 24.6 Å². The van der Waals surface area contributed by atoms with Gasteiger partial charge in [0.05, 0.1) is 18.9 Å². The van der Waals surface area contributed by atoms with E-state index in [0.29, 0.717) is 32.0 Å². The van der Waals surface area contributed by atoms with Crippen LogP contribution in [0.3, 0.4) is 0 Å². The van der Waals surface area contributed by atoms with Crippen LogP contribution in [-0.2, 0) is 17.9 Å². The van der Waals surface area contributed by atoms with Crippen LogP contribution in [0, 0.1) is 11.7 Å². The molecule has 0 aromatic carbocycles. The molecular formula is C16H20FN5O2. The summed E-state index contributed by atoms with van der Waals surface area (Å²) in [5.41, 5.74) is 0. The SMILES string of the molecule is O[C@@H]1C[C@@H](c2nnc3n2CCOC3)C[C@@H]1CNc1ccc(F)cn1. The maximum Gasteiger partial charge on any atom is 0.159 e. The van der Waals surface area contributed by atoms with Gasteiger partial charge in [0.25, 0.3) is 0 Å². The summed E-state index contributed by atoms with van der Waals surface area (Å²) in [6, 6.07) is 2.97. The number of aliphatic hydroxyl groups excluding tert-OH is 1. The van der Waals surface area contributed by atoms with E-state index >= 15 is 0 Å². The number of halogens is 1. The average molecular weight is 333 g/mol. The number of nitrogens with one attached hydrogen (secondary N) is 1. The molecule has 3 heterocycles. The normalized spacial score (nSPS) is 26.3. The van der Waals surface area contributed by atoms with Gasteiger partial charge in [0.15, 0.2) is 5.82 Å². The molecule has 2 aromatic heterocycles. The maximum absolute atomic E-state index is 12.9. The molecule has 0 amide bonds. The first kappa shape index (κ1) is 15.5. The van der Waals surface area contributed by atoms with Crippen molar-refractivity contribution in [2.24, 2.45) is 5.92 Å². The van der Waals surface area contributed by atoms with Crippen LogP contribution in [0.1, 0.15) is 30.4 Å². The fourth-order valence-electron chi connectivity index (χ4n) is 3.57. The molecule has 1 aliphatic carbocycles. The molecule has 0 radical (unpaired) electrons. The van der Waals surface area contributed by atoms with Crippen LogP contribution in [0.25, 0.3) is 0 Å². The highest BCUT2D eigenvalue weighted by Gasteiger charge is 2.37. The van der Waals surface area contributed by atoms with Crippen molar-refractivity contribution in [1.29, 1.82) is 0 Å². The van der Waals surface area contributed by atoms with E-state index in [9.17, 15) is 9.50 Å². The molecule has 1 fully saturated rings. The first-order valence-electron chi connectivity index (χ1n) is 8.24. The van der Waals surface area contributed by atoms with Crippen LogP contribution >= 0.6 is 0 Å².